The third-order valence-corrected chi connectivity index (χ3v) is 7.75. The average molecular weight is 455 g/mol. The second kappa shape index (κ2) is 8.36. The summed E-state index contributed by atoms with van der Waals surface area (Å²) in [5, 5.41) is 0.478. The number of sulfonamides is 1. The molecule has 0 N–H and O–H groups in total. The molecule has 0 bridgehead atoms. The van der Waals surface area contributed by atoms with Gasteiger partial charge in [0.15, 0.2) is 0 Å². The lowest BCUT2D eigenvalue weighted by molar-refractivity contribution is -0.117. The predicted octanol–water partition coefficient (Wildman–Crippen LogP) is 5.42. The first kappa shape index (κ1) is 21.4. The van der Waals surface area contributed by atoms with E-state index in [9.17, 15) is 13.2 Å². The molecular weight excluding hydrogens is 432 g/mol. The Morgan fingerprint density at radius 3 is 2.23 bits per heavy atom. The number of fused-ring (bicyclic) bond motifs is 1. The number of para-hydroxylation sites is 2. The Morgan fingerprint density at radius 1 is 0.968 bits per heavy atom. The normalized spacial score (nSPS) is 18.4. The summed E-state index contributed by atoms with van der Waals surface area (Å²) in [5.41, 5.74) is 2.18. The molecule has 31 heavy (non-hydrogen) atoms. The van der Waals surface area contributed by atoms with E-state index in [2.05, 4.69) is 0 Å². The molecule has 0 aromatic heterocycles. The van der Waals surface area contributed by atoms with E-state index in [0.29, 0.717) is 17.1 Å². The molecule has 3 aromatic rings. The van der Waals surface area contributed by atoms with Crippen LogP contribution in [0.4, 0.5) is 11.4 Å². The van der Waals surface area contributed by atoms with Gasteiger partial charge in [0.25, 0.3) is 10.0 Å². The number of anilines is 2. The first-order valence-corrected chi connectivity index (χ1v) is 11.9. The number of amides is 1. The van der Waals surface area contributed by atoms with Crippen molar-refractivity contribution in [3.8, 4) is 0 Å². The number of halogens is 1. The maximum Gasteiger partial charge on any atom is 0.264 e. The lowest BCUT2D eigenvalue weighted by atomic mass is 9.91. The van der Waals surface area contributed by atoms with Gasteiger partial charge in [0, 0.05) is 23.7 Å². The van der Waals surface area contributed by atoms with E-state index in [-0.39, 0.29) is 22.9 Å². The third kappa shape index (κ3) is 3.93. The van der Waals surface area contributed by atoms with Gasteiger partial charge in [-0.25, -0.2) is 8.42 Å². The molecule has 1 aliphatic rings. The maximum absolute atomic E-state index is 13.6. The molecule has 1 amide bonds. The SMILES string of the molecule is CC(=O)N(c1ccccc1)C1CC(C)N(S(=O)(=O)c2ccc(Cl)cc2)c2ccccc21. The van der Waals surface area contributed by atoms with Gasteiger partial charge in [-0.2, -0.15) is 0 Å². The summed E-state index contributed by atoms with van der Waals surface area (Å²) in [7, 11) is -3.80. The van der Waals surface area contributed by atoms with Crippen molar-refractivity contribution in [2.75, 3.05) is 9.21 Å². The van der Waals surface area contributed by atoms with Crippen molar-refractivity contribution in [2.24, 2.45) is 0 Å². The Bertz CT molecular complexity index is 1200. The fraction of sp³-hybridized carbons (Fsp3) is 0.208. The molecule has 1 heterocycles. The highest BCUT2D eigenvalue weighted by atomic mass is 35.5. The van der Waals surface area contributed by atoms with Crippen LogP contribution in [0.5, 0.6) is 0 Å². The summed E-state index contributed by atoms with van der Waals surface area (Å²) in [6.07, 6.45) is 0.471. The average Bonchev–Trinajstić information content (AvgIpc) is 2.74. The summed E-state index contributed by atoms with van der Waals surface area (Å²) < 4.78 is 28.6. The van der Waals surface area contributed by atoms with E-state index in [1.54, 1.807) is 23.1 Å². The molecule has 3 aromatic carbocycles. The lowest BCUT2D eigenvalue weighted by Crippen LogP contribution is -2.47. The van der Waals surface area contributed by atoms with Crippen molar-refractivity contribution >= 4 is 38.9 Å². The van der Waals surface area contributed by atoms with Crippen LogP contribution in [-0.2, 0) is 14.8 Å². The summed E-state index contributed by atoms with van der Waals surface area (Å²) >= 11 is 5.95. The summed E-state index contributed by atoms with van der Waals surface area (Å²) in [6.45, 7) is 3.41. The highest BCUT2D eigenvalue weighted by molar-refractivity contribution is 7.92. The molecule has 2 atom stereocenters. The number of carbonyl (C=O) groups is 1. The topological polar surface area (TPSA) is 57.7 Å². The van der Waals surface area contributed by atoms with Gasteiger partial charge in [0.1, 0.15) is 0 Å². The molecule has 0 fully saturated rings. The van der Waals surface area contributed by atoms with Crippen molar-refractivity contribution in [2.45, 2.75) is 37.2 Å². The molecule has 7 heteroatoms. The fourth-order valence-electron chi connectivity index (χ4n) is 4.25. The van der Waals surface area contributed by atoms with Gasteiger partial charge in [0.05, 0.1) is 16.6 Å². The van der Waals surface area contributed by atoms with Crippen LogP contribution in [0.3, 0.4) is 0 Å². The maximum atomic E-state index is 13.6. The summed E-state index contributed by atoms with van der Waals surface area (Å²) in [5.74, 6) is -0.0905. The molecule has 4 rings (SSSR count). The van der Waals surface area contributed by atoms with Gasteiger partial charge in [-0.15, -0.1) is 0 Å². The van der Waals surface area contributed by atoms with Crippen LogP contribution in [0.25, 0.3) is 0 Å². The van der Waals surface area contributed by atoms with Crippen LogP contribution in [-0.4, -0.2) is 20.4 Å². The number of hydrogen-bond donors (Lipinski definition) is 0. The van der Waals surface area contributed by atoms with Crippen LogP contribution < -0.4 is 9.21 Å². The number of rotatable bonds is 4. The predicted molar refractivity (Wildman–Crippen MR) is 124 cm³/mol. The Hall–Kier alpha value is -2.83. The molecule has 0 saturated carbocycles. The smallest absolute Gasteiger partial charge is 0.264 e. The second-order valence-electron chi connectivity index (χ2n) is 7.64. The van der Waals surface area contributed by atoms with Crippen molar-refractivity contribution in [3.05, 3.63) is 89.4 Å². The highest BCUT2D eigenvalue weighted by Gasteiger charge is 2.40. The van der Waals surface area contributed by atoms with E-state index in [4.69, 9.17) is 11.6 Å². The van der Waals surface area contributed by atoms with Crippen molar-refractivity contribution in [1.82, 2.24) is 0 Å². The minimum atomic E-state index is -3.80. The van der Waals surface area contributed by atoms with Gasteiger partial charge in [-0.05, 0) is 61.4 Å². The van der Waals surface area contributed by atoms with E-state index < -0.39 is 10.0 Å². The van der Waals surface area contributed by atoms with Crippen molar-refractivity contribution in [3.63, 3.8) is 0 Å². The molecular formula is C24H23ClN2O3S. The zero-order chi connectivity index (χ0) is 22.2. The zero-order valence-electron chi connectivity index (χ0n) is 17.3. The van der Waals surface area contributed by atoms with E-state index in [1.165, 1.54) is 23.4 Å². The minimum absolute atomic E-state index is 0.0905. The standard InChI is InChI=1S/C24H23ClN2O3S/c1-17-16-24(26(18(2)28)20-8-4-3-5-9-20)22-10-6-7-11-23(22)27(17)31(29,30)21-14-12-19(25)13-15-21/h3-15,17,24H,16H2,1-2H3. The van der Waals surface area contributed by atoms with Crippen LogP contribution in [0, 0.1) is 0 Å². The van der Waals surface area contributed by atoms with Crippen LogP contribution in [0.15, 0.2) is 83.8 Å². The Morgan fingerprint density at radius 2 is 1.58 bits per heavy atom. The molecule has 0 saturated heterocycles. The number of carbonyl (C=O) groups excluding carboxylic acids is 1. The molecule has 0 radical (unpaired) electrons. The van der Waals surface area contributed by atoms with Gasteiger partial charge < -0.3 is 4.90 Å². The van der Waals surface area contributed by atoms with Gasteiger partial charge >= 0.3 is 0 Å². The van der Waals surface area contributed by atoms with E-state index >= 15 is 0 Å². The van der Waals surface area contributed by atoms with E-state index in [1.807, 2.05) is 55.5 Å². The largest absolute Gasteiger partial charge is 0.305 e. The highest BCUT2D eigenvalue weighted by Crippen LogP contribution is 2.44. The molecule has 0 aliphatic carbocycles. The second-order valence-corrected chi connectivity index (χ2v) is 9.89. The van der Waals surface area contributed by atoms with Crippen molar-refractivity contribution in [1.29, 1.82) is 0 Å². The molecule has 1 aliphatic heterocycles. The summed E-state index contributed by atoms with van der Waals surface area (Å²) in [4.78, 5) is 14.6. The summed E-state index contributed by atoms with van der Waals surface area (Å²) in [6, 6.07) is 22.4. The van der Waals surface area contributed by atoms with Crippen molar-refractivity contribution < 1.29 is 13.2 Å². The zero-order valence-corrected chi connectivity index (χ0v) is 18.8. The number of hydrogen-bond acceptors (Lipinski definition) is 3. The van der Waals surface area contributed by atoms with Gasteiger partial charge in [-0.1, -0.05) is 48.0 Å². The van der Waals surface area contributed by atoms with E-state index in [0.717, 1.165) is 11.3 Å². The van der Waals surface area contributed by atoms with Crippen LogP contribution in [0.1, 0.15) is 31.9 Å². The van der Waals surface area contributed by atoms with Gasteiger partial charge in [0.2, 0.25) is 5.91 Å². The molecule has 2 unspecified atom stereocenters. The number of nitrogens with zero attached hydrogens (tertiary/aromatic N) is 2. The minimum Gasteiger partial charge on any atom is -0.305 e. The quantitative estimate of drug-likeness (QED) is 0.528. The Balaban J connectivity index is 1.83. The lowest BCUT2D eigenvalue weighted by Gasteiger charge is -2.43. The first-order chi connectivity index (χ1) is 14.8. The molecule has 160 valence electrons. The monoisotopic (exact) mass is 454 g/mol. The number of benzene rings is 3. The van der Waals surface area contributed by atoms with Gasteiger partial charge in [-0.3, -0.25) is 9.10 Å². The molecule has 5 nitrogen and oxygen atoms in total. The fourth-order valence-corrected chi connectivity index (χ4v) is 6.07. The van der Waals surface area contributed by atoms with Crippen LogP contribution >= 0.6 is 11.6 Å². The van der Waals surface area contributed by atoms with Crippen LogP contribution in [0.2, 0.25) is 5.02 Å². The third-order valence-electron chi connectivity index (χ3n) is 5.55. The molecule has 0 spiro atoms. The first-order valence-electron chi connectivity index (χ1n) is 10.0. The Kier molecular flexibility index (Phi) is 5.77. The Labute approximate surface area is 187 Å².